The highest BCUT2D eigenvalue weighted by Gasteiger charge is 2.20. The number of nitrogens with one attached hydrogen (secondary N) is 1. The quantitative estimate of drug-likeness (QED) is 0.837. The Bertz CT molecular complexity index is 345. The molecule has 2 rings (SSSR count). The van der Waals surface area contributed by atoms with Gasteiger partial charge in [0.15, 0.2) is 0 Å². The second-order valence-corrected chi connectivity index (χ2v) is 5.41. The van der Waals surface area contributed by atoms with Gasteiger partial charge in [0.25, 0.3) is 0 Å². The highest BCUT2D eigenvalue weighted by atomic mass is 15.3. The van der Waals surface area contributed by atoms with Crippen molar-refractivity contribution in [2.75, 3.05) is 19.6 Å². The summed E-state index contributed by atoms with van der Waals surface area (Å²) in [5, 5.41) is 3.53. The van der Waals surface area contributed by atoms with Crippen LogP contribution in [0.3, 0.4) is 0 Å². The van der Waals surface area contributed by atoms with Crippen molar-refractivity contribution in [3.8, 4) is 0 Å². The summed E-state index contributed by atoms with van der Waals surface area (Å²) in [7, 11) is 0. The molecule has 1 N–H and O–H groups in total. The van der Waals surface area contributed by atoms with Gasteiger partial charge in [0.05, 0.1) is 6.54 Å². The number of hydrogen-bond acceptors (Lipinski definition) is 3. The van der Waals surface area contributed by atoms with Crippen LogP contribution in [0.5, 0.6) is 0 Å². The van der Waals surface area contributed by atoms with E-state index in [4.69, 9.17) is 0 Å². The summed E-state index contributed by atoms with van der Waals surface area (Å²) in [6, 6.07) is 0.583. The minimum Gasteiger partial charge on any atom is -0.333 e. The molecule has 1 unspecified atom stereocenters. The summed E-state index contributed by atoms with van der Waals surface area (Å²) in [5.74, 6) is 1.93. The molecule has 96 valence electrons. The van der Waals surface area contributed by atoms with Crippen LogP contribution in [0, 0.1) is 5.92 Å². The first kappa shape index (κ1) is 12.6. The van der Waals surface area contributed by atoms with Gasteiger partial charge in [-0.05, 0) is 19.4 Å². The van der Waals surface area contributed by atoms with Gasteiger partial charge in [0.1, 0.15) is 5.82 Å². The minimum atomic E-state index is 0.583. The lowest BCUT2D eigenvalue weighted by molar-refractivity contribution is 0.159. The molecule has 0 aliphatic carbocycles. The Morgan fingerprint density at radius 2 is 2.12 bits per heavy atom. The second-order valence-electron chi connectivity index (χ2n) is 5.41. The maximum absolute atomic E-state index is 4.40. The Balaban J connectivity index is 1.79. The average molecular weight is 236 g/mol. The lowest BCUT2D eigenvalue weighted by Crippen LogP contribution is -2.44. The number of nitrogens with zero attached hydrogens (tertiary/aromatic N) is 3. The Morgan fingerprint density at radius 3 is 2.88 bits per heavy atom. The molecule has 1 aliphatic rings. The topological polar surface area (TPSA) is 33.1 Å². The zero-order chi connectivity index (χ0) is 12.3. The van der Waals surface area contributed by atoms with Gasteiger partial charge in [-0.2, -0.15) is 0 Å². The van der Waals surface area contributed by atoms with Gasteiger partial charge in [0, 0.05) is 38.1 Å². The van der Waals surface area contributed by atoms with Crippen LogP contribution in [0.1, 0.15) is 26.6 Å². The molecule has 0 fully saturated rings. The SMILES string of the molecule is CC(C)CNCC(C)N1CCn2ccnc2C1. The zero-order valence-corrected chi connectivity index (χ0v) is 11.2. The molecule has 1 aromatic rings. The molecular formula is C13H24N4. The molecule has 1 aromatic heterocycles. The van der Waals surface area contributed by atoms with E-state index in [9.17, 15) is 0 Å². The van der Waals surface area contributed by atoms with Crippen LogP contribution in [0.15, 0.2) is 12.4 Å². The van der Waals surface area contributed by atoms with Crippen molar-refractivity contribution < 1.29 is 0 Å². The molecule has 0 spiro atoms. The Labute approximate surface area is 104 Å². The van der Waals surface area contributed by atoms with Gasteiger partial charge in [-0.15, -0.1) is 0 Å². The molecule has 0 bridgehead atoms. The summed E-state index contributed by atoms with van der Waals surface area (Å²) < 4.78 is 2.25. The lowest BCUT2D eigenvalue weighted by atomic mass is 10.2. The molecule has 0 aromatic carbocycles. The Hall–Kier alpha value is -0.870. The first-order valence-electron chi connectivity index (χ1n) is 6.61. The van der Waals surface area contributed by atoms with Crippen LogP contribution in [0.4, 0.5) is 0 Å². The monoisotopic (exact) mass is 236 g/mol. The number of imidazole rings is 1. The summed E-state index contributed by atoms with van der Waals surface area (Å²) >= 11 is 0. The molecule has 1 atom stereocenters. The minimum absolute atomic E-state index is 0.583. The van der Waals surface area contributed by atoms with Crippen LogP contribution in [-0.4, -0.2) is 40.1 Å². The maximum atomic E-state index is 4.40. The Kier molecular flexibility index (Phi) is 4.18. The molecular weight excluding hydrogens is 212 g/mol. The maximum Gasteiger partial charge on any atom is 0.122 e. The third-order valence-corrected chi connectivity index (χ3v) is 3.39. The number of hydrogen-bond donors (Lipinski definition) is 1. The van der Waals surface area contributed by atoms with Crippen LogP contribution in [-0.2, 0) is 13.1 Å². The molecule has 1 aliphatic heterocycles. The van der Waals surface area contributed by atoms with Crippen LogP contribution < -0.4 is 5.32 Å². The second kappa shape index (κ2) is 5.65. The average Bonchev–Trinajstić information content (AvgIpc) is 2.75. The van der Waals surface area contributed by atoms with Gasteiger partial charge < -0.3 is 9.88 Å². The Morgan fingerprint density at radius 1 is 1.29 bits per heavy atom. The van der Waals surface area contributed by atoms with Gasteiger partial charge in [-0.3, -0.25) is 4.90 Å². The standard InChI is InChI=1S/C13H24N4/c1-11(2)8-14-9-12(3)17-7-6-16-5-4-15-13(16)10-17/h4-5,11-12,14H,6-10H2,1-3H3. The van der Waals surface area contributed by atoms with Gasteiger partial charge in [-0.25, -0.2) is 4.98 Å². The predicted octanol–water partition coefficient (Wildman–Crippen LogP) is 1.33. The largest absolute Gasteiger partial charge is 0.333 e. The fourth-order valence-electron chi connectivity index (χ4n) is 2.28. The normalized spacial score (nSPS) is 18.4. The van der Waals surface area contributed by atoms with Crippen molar-refractivity contribution in [2.45, 2.75) is 39.9 Å². The highest BCUT2D eigenvalue weighted by molar-refractivity contribution is 4.96. The summed E-state index contributed by atoms with van der Waals surface area (Å²) in [4.78, 5) is 6.91. The van der Waals surface area contributed by atoms with E-state index in [1.807, 2.05) is 6.20 Å². The predicted molar refractivity (Wildman–Crippen MR) is 69.8 cm³/mol. The molecule has 2 heterocycles. The van der Waals surface area contributed by atoms with Gasteiger partial charge in [-0.1, -0.05) is 13.8 Å². The first-order chi connectivity index (χ1) is 8.16. The lowest BCUT2D eigenvalue weighted by Gasteiger charge is -2.33. The van der Waals surface area contributed by atoms with Crippen molar-refractivity contribution in [1.29, 1.82) is 0 Å². The fourth-order valence-corrected chi connectivity index (χ4v) is 2.28. The molecule has 0 amide bonds. The van der Waals surface area contributed by atoms with E-state index >= 15 is 0 Å². The van der Waals surface area contributed by atoms with Crippen molar-refractivity contribution in [2.24, 2.45) is 5.92 Å². The number of aromatic nitrogens is 2. The molecule has 0 saturated carbocycles. The van der Waals surface area contributed by atoms with E-state index in [0.29, 0.717) is 6.04 Å². The molecule has 4 heteroatoms. The van der Waals surface area contributed by atoms with Crippen LogP contribution in [0.2, 0.25) is 0 Å². The first-order valence-corrected chi connectivity index (χ1v) is 6.61. The van der Waals surface area contributed by atoms with E-state index in [0.717, 1.165) is 38.6 Å². The third kappa shape index (κ3) is 3.30. The number of fused-ring (bicyclic) bond motifs is 1. The van der Waals surface area contributed by atoms with Crippen LogP contribution in [0.25, 0.3) is 0 Å². The van der Waals surface area contributed by atoms with Crippen molar-refractivity contribution in [1.82, 2.24) is 19.8 Å². The van der Waals surface area contributed by atoms with E-state index < -0.39 is 0 Å². The van der Waals surface area contributed by atoms with E-state index in [1.54, 1.807) is 0 Å². The third-order valence-electron chi connectivity index (χ3n) is 3.39. The van der Waals surface area contributed by atoms with E-state index in [2.05, 4.69) is 46.7 Å². The van der Waals surface area contributed by atoms with Crippen molar-refractivity contribution >= 4 is 0 Å². The smallest absolute Gasteiger partial charge is 0.122 e. The van der Waals surface area contributed by atoms with Crippen molar-refractivity contribution in [3.05, 3.63) is 18.2 Å². The molecule has 0 radical (unpaired) electrons. The zero-order valence-electron chi connectivity index (χ0n) is 11.2. The summed E-state index contributed by atoms with van der Waals surface area (Å²) in [6.45, 7) is 12.2. The molecule has 4 nitrogen and oxygen atoms in total. The molecule has 0 saturated heterocycles. The van der Waals surface area contributed by atoms with E-state index in [1.165, 1.54) is 5.82 Å². The van der Waals surface area contributed by atoms with Crippen LogP contribution >= 0.6 is 0 Å². The van der Waals surface area contributed by atoms with Crippen molar-refractivity contribution in [3.63, 3.8) is 0 Å². The van der Waals surface area contributed by atoms with Gasteiger partial charge >= 0.3 is 0 Å². The van der Waals surface area contributed by atoms with E-state index in [-0.39, 0.29) is 0 Å². The summed E-state index contributed by atoms with van der Waals surface area (Å²) in [6.07, 6.45) is 3.98. The molecule has 17 heavy (non-hydrogen) atoms. The van der Waals surface area contributed by atoms with Gasteiger partial charge in [0.2, 0.25) is 0 Å². The fraction of sp³-hybridized carbons (Fsp3) is 0.769. The summed E-state index contributed by atoms with van der Waals surface area (Å²) in [5.41, 5.74) is 0. The highest BCUT2D eigenvalue weighted by Crippen LogP contribution is 2.12. The number of rotatable bonds is 5.